The SMILES string of the molecule is COc1ccccc1CN1C(=O)C(Nc2ccc(C(C)(C)C)cc2)=C(c2ccc(C)cc2)C1=O. The van der Waals surface area contributed by atoms with Crippen molar-refractivity contribution in [1.29, 1.82) is 0 Å². The van der Waals surface area contributed by atoms with E-state index in [1.165, 1.54) is 10.5 Å². The minimum absolute atomic E-state index is 0.0234. The summed E-state index contributed by atoms with van der Waals surface area (Å²) in [6.07, 6.45) is 0. The van der Waals surface area contributed by atoms with Crippen LogP contribution >= 0.6 is 0 Å². The predicted octanol–water partition coefficient (Wildman–Crippen LogP) is 5.69. The Hall–Kier alpha value is -3.86. The van der Waals surface area contributed by atoms with E-state index in [0.717, 1.165) is 16.8 Å². The number of nitrogens with zero attached hydrogens (tertiary/aromatic N) is 1. The molecule has 3 aromatic rings. The first kappa shape index (κ1) is 23.3. The number of amides is 2. The van der Waals surface area contributed by atoms with Gasteiger partial charge in [0.05, 0.1) is 19.2 Å². The summed E-state index contributed by atoms with van der Waals surface area (Å²) in [5.41, 5.74) is 5.19. The van der Waals surface area contributed by atoms with Gasteiger partial charge in [0.25, 0.3) is 11.8 Å². The van der Waals surface area contributed by atoms with E-state index in [9.17, 15) is 9.59 Å². The molecule has 1 N–H and O–H groups in total. The minimum atomic E-state index is -0.355. The van der Waals surface area contributed by atoms with Crippen LogP contribution in [0.25, 0.3) is 5.57 Å². The molecule has 5 heteroatoms. The first-order valence-electron chi connectivity index (χ1n) is 11.4. The molecule has 0 aliphatic carbocycles. The van der Waals surface area contributed by atoms with Gasteiger partial charge >= 0.3 is 0 Å². The van der Waals surface area contributed by atoms with Crippen LogP contribution in [0.5, 0.6) is 5.75 Å². The molecule has 1 heterocycles. The smallest absolute Gasteiger partial charge is 0.278 e. The Morgan fingerprint density at radius 2 is 1.50 bits per heavy atom. The van der Waals surface area contributed by atoms with Crippen molar-refractivity contribution in [3.63, 3.8) is 0 Å². The van der Waals surface area contributed by atoms with Crippen LogP contribution in [0.4, 0.5) is 5.69 Å². The van der Waals surface area contributed by atoms with Gasteiger partial charge in [0.2, 0.25) is 0 Å². The van der Waals surface area contributed by atoms with Crippen LogP contribution in [0.2, 0.25) is 0 Å². The number of rotatable bonds is 6. The normalized spacial score (nSPS) is 14.1. The lowest BCUT2D eigenvalue weighted by molar-refractivity contribution is -0.137. The van der Waals surface area contributed by atoms with Crippen LogP contribution < -0.4 is 10.1 Å². The molecular weight excluding hydrogens is 424 g/mol. The van der Waals surface area contributed by atoms with Crippen molar-refractivity contribution in [2.75, 3.05) is 12.4 Å². The first-order valence-corrected chi connectivity index (χ1v) is 11.4. The Bertz CT molecular complexity index is 1250. The Balaban J connectivity index is 1.72. The third-order valence-corrected chi connectivity index (χ3v) is 6.05. The number of nitrogens with one attached hydrogen (secondary N) is 1. The van der Waals surface area contributed by atoms with Crippen LogP contribution in [0.3, 0.4) is 0 Å². The minimum Gasteiger partial charge on any atom is -0.496 e. The number of methoxy groups -OCH3 is 1. The zero-order chi connectivity index (χ0) is 24.5. The van der Waals surface area contributed by atoms with Crippen LogP contribution in [-0.2, 0) is 21.5 Å². The van der Waals surface area contributed by atoms with Crippen LogP contribution in [-0.4, -0.2) is 23.8 Å². The summed E-state index contributed by atoms with van der Waals surface area (Å²) < 4.78 is 5.43. The highest BCUT2D eigenvalue weighted by molar-refractivity contribution is 6.36. The molecule has 4 rings (SSSR count). The molecule has 0 radical (unpaired) electrons. The van der Waals surface area contributed by atoms with Crippen molar-refractivity contribution in [2.24, 2.45) is 0 Å². The number of anilines is 1. The number of benzene rings is 3. The van der Waals surface area contributed by atoms with Crippen LogP contribution in [0, 0.1) is 6.92 Å². The van der Waals surface area contributed by atoms with Gasteiger partial charge in [0, 0.05) is 11.3 Å². The number of carbonyl (C=O) groups excluding carboxylic acids is 2. The van der Waals surface area contributed by atoms with Crippen molar-refractivity contribution >= 4 is 23.1 Å². The molecule has 0 saturated carbocycles. The van der Waals surface area contributed by atoms with Gasteiger partial charge in [-0.15, -0.1) is 0 Å². The van der Waals surface area contributed by atoms with Gasteiger partial charge in [-0.05, 0) is 41.7 Å². The highest BCUT2D eigenvalue weighted by atomic mass is 16.5. The third-order valence-electron chi connectivity index (χ3n) is 6.05. The van der Waals surface area contributed by atoms with Gasteiger partial charge in [-0.1, -0.05) is 80.9 Å². The van der Waals surface area contributed by atoms with E-state index >= 15 is 0 Å². The van der Waals surface area contributed by atoms with Crippen molar-refractivity contribution in [3.8, 4) is 5.75 Å². The summed E-state index contributed by atoms with van der Waals surface area (Å²) in [6.45, 7) is 8.59. The topological polar surface area (TPSA) is 58.6 Å². The lowest BCUT2D eigenvalue weighted by Crippen LogP contribution is -2.32. The van der Waals surface area contributed by atoms with Gasteiger partial charge in [0.1, 0.15) is 11.4 Å². The second kappa shape index (κ2) is 9.18. The Kier molecular flexibility index (Phi) is 6.29. The summed E-state index contributed by atoms with van der Waals surface area (Å²) in [4.78, 5) is 28.4. The maximum Gasteiger partial charge on any atom is 0.278 e. The van der Waals surface area contributed by atoms with Gasteiger partial charge < -0.3 is 10.1 Å². The largest absolute Gasteiger partial charge is 0.496 e. The highest BCUT2D eigenvalue weighted by Crippen LogP contribution is 2.33. The van der Waals surface area contributed by atoms with Gasteiger partial charge in [-0.3, -0.25) is 14.5 Å². The molecule has 2 amide bonds. The van der Waals surface area contributed by atoms with Crippen LogP contribution in [0.1, 0.15) is 43.0 Å². The third kappa shape index (κ3) is 4.60. The number of aryl methyl sites for hydroxylation is 1. The molecule has 0 aromatic heterocycles. The standard InChI is InChI=1S/C29H30N2O3/c1-19-10-12-20(13-11-19)25-26(30-23-16-14-22(15-17-23)29(2,3)4)28(33)31(27(25)32)18-21-8-6-7-9-24(21)34-5/h6-17,30H,18H2,1-5H3. The van der Waals surface area contributed by atoms with E-state index < -0.39 is 0 Å². The van der Waals surface area contributed by atoms with Crippen LogP contribution in [0.15, 0.2) is 78.5 Å². The molecule has 34 heavy (non-hydrogen) atoms. The molecule has 1 aliphatic rings. The first-order chi connectivity index (χ1) is 16.2. The fraction of sp³-hybridized carbons (Fsp3) is 0.241. The van der Waals surface area contributed by atoms with Crippen molar-refractivity contribution < 1.29 is 14.3 Å². The Morgan fingerprint density at radius 3 is 2.12 bits per heavy atom. The molecule has 5 nitrogen and oxygen atoms in total. The van der Waals surface area contributed by atoms with E-state index in [4.69, 9.17) is 4.74 Å². The van der Waals surface area contributed by atoms with Crippen molar-refractivity contribution in [1.82, 2.24) is 4.90 Å². The van der Waals surface area contributed by atoms with E-state index in [2.05, 4.69) is 26.1 Å². The van der Waals surface area contributed by atoms with Crippen molar-refractivity contribution in [3.05, 3.63) is 101 Å². The Morgan fingerprint density at radius 1 is 0.853 bits per heavy atom. The molecule has 0 unspecified atom stereocenters. The summed E-state index contributed by atoms with van der Waals surface area (Å²) in [5.74, 6) is -0.0425. The van der Waals surface area contributed by atoms with E-state index in [-0.39, 0.29) is 29.5 Å². The summed E-state index contributed by atoms with van der Waals surface area (Å²) in [6, 6.07) is 23.0. The lowest BCUT2D eigenvalue weighted by Gasteiger charge is -2.19. The summed E-state index contributed by atoms with van der Waals surface area (Å²) in [5, 5.41) is 3.24. The lowest BCUT2D eigenvalue weighted by atomic mass is 9.87. The molecule has 1 aliphatic heterocycles. The number of hydrogen-bond acceptors (Lipinski definition) is 4. The van der Waals surface area contributed by atoms with Gasteiger partial charge in [0.15, 0.2) is 0 Å². The molecule has 0 fully saturated rings. The fourth-order valence-corrected chi connectivity index (χ4v) is 4.03. The zero-order valence-corrected chi connectivity index (χ0v) is 20.3. The predicted molar refractivity (Wildman–Crippen MR) is 135 cm³/mol. The van der Waals surface area contributed by atoms with E-state index in [1.807, 2.05) is 79.7 Å². The molecule has 0 bridgehead atoms. The molecule has 3 aromatic carbocycles. The van der Waals surface area contributed by atoms with Crippen molar-refractivity contribution in [2.45, 2.75) is 39.7 Å². The highest BCUT2D eigenvalue weighted by Gasteiger charge is 2.39. The second-order valence-electron chi connectivity index (χ2n) is 9.58. The molecule has 0 saturated heterocycles. The maximum atomic E-state index is 13.6. The number of para-hydroxylation sites is 1. The average Bonchev–Trinajstić information content (AvgIpc) is 3.04. The Labute approximate surface area is 201 Å². The summed E-state index contributed by atoms with van der Waals surface area (Å²) in [7, 11) is 1.58. The number of hydrogen-bond donors (Lipinski definition) is 1. The number of ether oxygens (including phenoxy) is 1. The maximum absolute atomic E-state index is 13.6. The van der Waals surface area contributed by atoms with Gasteiger partial charge in [-0.25, -0.2) is 0 Å². The fourth-order valence-electron chi connectivity index (χ4n) is 4.03. The van der Waals surface area contributed by atoms with E-state index in [0.29, 0.717) is 16.9 Å². The number of carbonyl (C=O) groups is 2. The quantitative estimate of drug-likeness (QED) is 0.486. The molecule has 0 atom stereocenters. The molecular formula is C29H30N2O3. The second-order valence-corrected chi connectivity index (χ2v) is 9.58. The molecule has 174 valence electrons. The number of imide groups is 1. The van der Waals surface area contributed by atoms with Gasteiger partial charge in [-0.2, -0.15) is 0 Å². The summed E-state index contributed by atoms with van der Waals surface area (Å²) >= 11 is 0. The zero-order valence-electron chi connectivity index (χ0n) is 20.3. The average molecular weight is 455 g/mol. The monoisotopic (exact) mass is 454 g/mol. The molecule has 0 spiro atoms. The van der Waals surface area contributed by atoms with E-state index in [1.54, 1.807) is 7.11 Å².